The molecule has 0 spiro atoms. The summed E-state index contributed by atoms with van der Waals surface area (Å²) in [5.41, 5.74) is 0. The van der Waals surface area contributed by atoms with E-state index in [4.69, 9.17) is 5.11 Å². The Morgan fingerprint density at radius 2 is 1.78 bits per heavy atom. The van der Waals surface area contributed by atoms with Crippen LogP contribution < -0.4 is 0 Å². The third-order valence-electron chi connectivity index (χ3n) is 0.352. The van der Waals surface area contributed by atoms with Crippen molar-refractivity contribution < 1.29 is 37.6 Å². The van der Waals surface area contributed by atoms with Gasteiger partial charge >= 0.3 is 5.97 Å². The first kappa shape index (κ1) is 14.1. The molecule has 2 nitrogen and oxygen atoms in total. The van der Waals surface area contributed by atoms with E-state index >= 15 is 0 Å². The minimum absolute atomic E-state index is 0. The van der Waals surface area contributed by atoms with Crippen LogP contribution in [0.5, 0.6) is 0 Å². The van der Waals surface area contributed by atoms with Crippen LogP contribution in [0, 0.1) is 0 Å². The smallest absolute Gasteiger partial charge is 0.306 e. The Bertz CT molecular complexity index is 99.7. The van der Waals surface area contributed by atoms with Gasteiger partial charge in [-0.3, -0.25) is 4.79 Å². The van der Waals surface area contributed by atoms with Crippen LogP contribution in [0.25, 0.3) is 0 Å². The van der Waals surface area contributed by atoms with Gasteiger partial charge in [0.2, 0.25) is 0 Å². The summed E-state index contributed by atoms with van der Waals surface area (Å²) in [4.78, 5) is 10.0. The molecule has 6 heteroatoms. The van der Waals surface area contributed by atoms with Gasteiger partial charge in [0.15, 0.2) is 0 Å². The van der Waals surface area contributed by atoms with Crippen LogP contribution in [0.4, 0.5) is 0 Å². The van der Waals surface area contributed by atoms with Crippen LogP contribution in [-0.4, -0.2) is 10.5 Å². The van der Waals surface area contributed by atoms with Crippen molar-refractivity contribution in [2.45, 2.75) is 5.86 Å². The second-order valence-electron chi connectivity index (χ2n) is 1.19. The first-order valence-corrected chi connectivity index (χ1v) is 4.94. The van der Waals surface area contributed by atoms with Crippen LogP contribution in [0.15, 0.2) is 0 Å². The first-order valence-electron chi connectivity index (χ1n) is 1.70. The summed E-state index contributed by atoms with van der Waals surface area (Å²) >= 11 is 6.25. The minimum Gasteiger partial charge on any atom is -0.481 e. The van der Waals surface area contributed by atoms with E-state index in [2.05, 4.69) is 67.8 Å². The number of carboxylic acids is 1. The number of halogens is 3. The fraction of sp³-hybridized carbons (Fsp3) is 0.667. The topological polar surface area (TPSA) is 37.3 Å². The molecule has 0 radical (unpaired) electrons. The predicted octanol–water partition coefficient (Wildman–Crippen LogP) is 2.42. The molecule has 0 bridgehead atoms. The molecule has 1 N–H and O–H groups in total. The molecule has 0 heterocycles. The zero-order chi connectivity index (χ0) is 6.78. The first-order chi connectivity index (χ1) is 3.42. The van der Waals surface area contributed by atoms with Gasteiger partial charge in [-0.25, -0.2) is 0 Å². The van der Waals surface area contributed by atoms with Crippen molar-refractivity contribution in [3.63, 3.8) is 0 Å². The van der Waals surface area contributed by atoms with Crippen LogP contribution in [-0.2, 0) is 32.5 Å². The molecule has 0 fully saturated rings. The van der Waals surface area contributed by atoms with Gasteiger partial charge in [0.25, 0.3) is 0 Å². The summed E-state index contributed by atoms with van der Waals surface area (Å²) in [6.45, 7) is 0. The maximum Gasteiger partial charge on any atom is 0.306 e. The third kappa shape index (κ3) is 13.6. The Balaban J connectivity index is 0. The SMILES string of the molecule is O=C(O)CC(I)(I)I.[Hg]. The Labute approximate surface area is 115 Å². The Hall–Kier alpha value is 2.60. The fourth-order valence-corrected chi connectivity index (χ4v) is 1.15. The van der Waals surface area contributed by atoms with Gasteiger partial charge in [-0.2, -0.15) is 0 Å². The van der Waals surface area contributed by atoms with E-state index in [-0.39, 0.29) is 33.5 Å². The zero-order valence-electron chi connectivity index (χ0n) is 4.40. The monoisotopic (exact) mass is 654 g/mol. The number of hydrogen-bond donors (Lipinski definition) is 1. The van der Waals surface area contributed by atoms with Crippen molar-refractivity contribution in [3.8, 4) is 0 Å². The zero-order valence-corrected chi connectivity index (χ0v) is 16.4. The standard InChI is InChI=1S/C3H3I3O2.Hg/c4-3(5,6)1-2(7)8;/h1H2,(H,7,8);. The Morgan fingerprint density at radius 3 is 1.78 bits per heavy atom. The number of alkyl halides is 3. The van der Waals surface area contributed by atoms with Crippen molar-refractivity contribution in [1.29, 1.82) is 0 Å². The molecule has 0 aliphatic heterocycles. The quantitative estimate of drug-likeness (QED) is 0.283. The van der Waals surface area contributed by atoms with Crippen molar-refractivity contribution in [2.75, 3.05) is 0 Å². The average Bonchev–Trinajstić information content (AvgIpc) is 1.21. The predicted molar refractivity (Wildman–Crippen MR) is 57.0 cm³/mol. The second kappa shape index (κ2) is 6.15. The molecule has 50 valence electrons. The number of rotatable bonds is 2. The molecule has 0 aliphatic carbocycles. The summed E-state index contributed by atoms with van der Waals surface area (Å²) in [6.07, 6.45) is 0.203. The molecule has 0 saturated carbocycles. The molecule has 0 aromatic rings. The van der Waals surface area contributed by atoms with Crippen molar-refractivity contribution in [3.05, 3.63) is 0 Å². The molecule has 0 rings (SSSR count). The van der Waals surface area contributed by atoms with E-state index in [0.717, 1.165) is 0 Å². The van der Waals surface area contributed by atoms with Crippen molar-refractivity contribution in [1.82, 2.24) is 0 Å². The van der Waals surface area contributed by atoms with Gasteiger partial charge in [-0.05, 0) is 0 Å². The maximum absolute atomic E-state index is 10.0. The molecule has 9 heavy (non-hydrogen) atoms. The number of carbonyl (C=O) groups is 1. The van der Waals surface area contributed by atoms with E-state index in [1.807, 2.05) is 0 Å². The van der Waals surface area contributed by atoms with Crippen molar-refractivity contribution >= 4 is 73.7 Å². The van der Waals surface area contributed by atoms with E-state index in [0.29, 0.717) is 0 Å². The summed E-state index contributed by atoms with van der Waals surface area (Å²) in [5, 5.41) is 8.23. The maximum atomic E-state index is 10.0. The fourth-order valence-electron chi connectivity index (χ4n) is 0.171. The minimum atomic E-state index is -0.747. The van der Waals surface area contributed by atoms with Gasteiger partial charge < -0.3 is 5.11 Å². The van der Waals surface area contributed by atoms with Gasteiger partial charge in [0.05, 0.1) is 6.42 Å². The number of carboxylic acid groups (broad SMARTS) is 1. The summed E-state index contributed by atoms with van der Waals surface area (Å²) in [7, 11) is 0. The molecule has 0 amide bonds. The molecule has 0 atom stereocenters. The third-order valence-corrected chi connectivity index (χ3v) is 1.50. The van der Waals surface area contributed by atoms with Gasteiger partial charge in [-0.15, -0.1) is 0 Å². The normalized spacial score (nSPS) is 10.1. The molecular weight excluding hydrogens is 649 g/mol. The van der Waals surface area contributed by atoms with Gasteiger partial charge in [0, 0.05) is 27.7 Å². The summed E-state index contributed by atoms with van der Waals surface area (Å²) in [6, 6.07) is 0. The Kier molecular flexibility index (Phi) is 9.66. The second-order valence-corrected chi connectivity index (χ2v) is 12.9. The molecular formula is C3H3HgI3O2. The molecule has 0 saturated heterocycles. The van der Waals surface area contributed by atoms with Crippen LogP contribution in [0.1, 0.15) is 6.42 Å². The summed E-state index contributed by atoms with van der Waals surface area (Å²) < 4.78 is -0.168. The van der Waals surface area contributed by atoms with Gasteiger partial charge in [-0.1, -0.05) is 67.8 Å². The van der Waals surface area contributed by atoms with E-state index in [1.165, 1.54) is 0 Å². The van der Waals surface area contributed by atoms with Crippen LogP contribution in [0.3, 0.4) is 0 Å². The van der Waals surface area contributed by atoms with E-state index in [9.17, 15) is 4.79 Å². The Morgan fingerprint density at radius 1 is 1.44 bits per heavy atom. The van der Waals surface area contributed by atoms with Crippen LogP contribution >= 0.6 is 67.8 Å². The number of hydrogen-bond acceptors (Lipinski definition) is 1. The molecule has 0 aromatic carbocycles. The average molecular weight is 652 g/mol. The summed E-state index contributed by atoms with van der Waals surface area (Å²) in [5.74, 6) is -0.747. The van der Waals surface area contributed by atoms with Crippen LogP contribution in [0.2, 0.25) is 0 Å². The molecule has 0 aliphatic rings. The largest absolute Gasteiger partial charge is 0.481 e. The van der Waals surface area contributed by atoms with E-state index in [1.54, 1.807) is 0 Å². The van der Waals surface area contributed by atoms with E-state index < -0.39 is 5.97 Å². The van der Waals surface area contributed by atoms with Crippen molar-refractivity contribution in [2.24, 2.45) is 0 Å². The molecule has 0 unspecified atom stereocenters. The molecule has 0 aromatic heterocycles. The number of aliphatic carboxylic acids is 1. The van der Waals surface area contributed by atoms with Gasteiger partial charge in [0.1, 0.15) is -0.565 Å².